The average Bonchev–Trinajstić information content (AvgIpc) is 2.45. The molecule has 0 bridgehead atoms. The van der Waals surface area contributed by atoms with E-state index in [4.69, 9.17) is 0 Å². The molecule has 0 saturated carbocycles. The van der Waals surface area contributed by atoms with Gasteiger partial charge in [-0.25, -0.2) is 8.42 Å². The van der Waals surface area contributed by atoms with Crippen LogP contribution in [0.2, 0.25) is 0 Å². The number of rotatable bonds is 1. The Balaban J connectivity index is 1.91. The first-order chi connectivity index (χ1) is 7.66. The Bertz CT molecular complexity index is 362. The fraction of sp³-hybridized carbons (Fsp3) is 0.909. The van der Waals surface area contributed by atoms with Crippen molar-refractivity contribution in [2.45, 2.75) is 44.6 Å². The molecular formula is C11H20N2O2S. The smallest absolute Gasteiger partial charge is 0.152 e. The number of aliphatic imine (C=N–C) groups is 1. The van der Waals surface area contributed by atoms with Crippen molar-refractivity contribution in [3.05, 3.63) is 0 Å². The van der Waals surface area contributed by atoms with E-state index in [9.17, 15) is 8.42 Å². The number of nitrogens with one attached hydrogen (secondary N) is 1. The van der Waals surface area contributed by atoms with Crippen molar-refractivity contribution < 1.29 is 8.42 Å². The second-order valence-corrected chi connectivity index (χ2v) is 6.97. The SMILES string of the molecule is O=S1(=O)CCCC(NC2=NCCCCC2)C1. The molecule has 2 rings (SSSR count). The van der Waals surface area contributed by atoms with Crippen molar-refractivity contribution in [2.24, 2.45) is 4.99 Å². The largest absolute Gasteiger partial charge is 0.370 e. The number of hydrogen-bond donors (Lipinski definition) is 1. The summed E-state index contributed by atoms with van der Waals surface area (Å²) in [6.45, 7) is 0.891. The van der Waals surface area contributed by atoms with Crippen LogP contribution in [-0.2, 0) is 9.84 Å². The summed E-state index contributed by atoms with van der Waals surface area (Å²) in [5.74, 6) is 1.67. The molecule has 2 aliphatic heterocycles. The average molecular weight is 244 g/mol. The highest BCUT2D eigenvalue weighted by Crippen LogP contribution is 2.13. The van der Waals surface area contributed by atoms with E-state index in [0.717, 1.165) is 38.1 Å². The van der Waals surface area contributed by atoms with Crippen molar-refractivity contribution in [3.8, 4) is 0 Å². The van der Waals surface area contributed by atoms with Crippen LogP contribution in [0.1, 0.15) is 38.5 Å². The third kappa shape index (κ3) is 3.47. The summed E-state index contributed by atoms with van der Waals surface area (Å²) in [7, 11) is -2.81. The molecule has 0 spiro atoms. The van der Waals surface area contributed by atoms with Gasteiger partial charge in [-0.2, -0.15) is 0 Å². The summed E-state index contributed by atoms with van der Waals surface area (Å²) >= 11 is 0. The number of hydrogen-bond acceptors (Lipinski definition) is 4. The van der Waals surface area contributed by atoms with Crippen molar-refractivity contribution >= 4 is 15.7 Å². The van der Waals surface area contributed by atoms with Gasteiger partial charge in [-0.3, -0.25) is 4.99 Å². The van der Waals surface area contributed by atoms with Gasteiger partial charge in [-0.05, 0) is 25.7 Å². The lowest BCUT2D eigenvalue weighted by Crippen LogP contribution is -2.43. The predicted molar refractivity (Wildman–Crippen MR) is 65.6 cm³/mol. The summed E-state index contributed by atoms with van der Waals surface area (Å²) in [4.78, 5) is 4.48. The molecule has 0 aromatic carbocycles. The van der Waals surface area contributed by atoms with Gasteiger partial charge in [-0.1, -0.05) is 6.42 Å². The molecule has 5 heteroatoms. The normalized spacial score (nSPS) is 30.2. The molecule has 0 aliphatic carbocycles. The highest BCUT2D eigenvalue weighted by atomic mass is 32.2. The van der Waals surface area contributed by atoms with Gasteiger partial charge in [0.2, 0.25) is 0 Å². The van der Waals surface area contributed by atoms with Crippen LogP contribution in [0.3, 0.4) is 0 Å². The van der Waals surface area contributed by atoms with E-state index in [1.165, 1.54) is 12.8 Å². The second-order valence-electron chi connectivity index (χ2n) is 4.74. The molecule has 0 aromatic rings. The highest BCUT2D eigenvalue weighted by molar-refractivity contribution is 7.91. The minimum Gasteiger partial charge on any atom is -0.370 e. The van der Waals surface area contributed by atoms with Crippen LogP contribution in [0, 0.1) is 0 Å². The summed E-state index contributed by atoms with van der Waals surface area (Å²) in [6, 6.07) is 0.0931. The van der Waals surface area contributed by atoms with Crippen LogP contribution in [-0.4, -0.2) is 38.3 Å². The van der Waals surface area contributed by atoms with Crippen molar-refractivity contribution in [1.82, 2.24) is 5.32 Å². The van der Waals surface area contributed by atoms with Gasteiger partial charge in [0.25, 0.3) is 0 Å². The molecule has 1 fully saturated rings. The molecule has 1 N–H and O–H groups in total. The Morgan fingerprint density at radius 1 is 1.19 bits per heavy atom. The monoisotopic (exact) mass is 244 g/mol. The zero-order valence-electron chi connectivity index (χ0n) is 9.61. The summed E-state index contributed by atoms with van der Waals surface area (Å²) in [5, 5.41) is 3.32. The molecule has 2 aliphatic rings. The Morgan fingerprint density at radius 3 is 2.88 bits per heavy atom. The molecular weight excluding hydrogens is 224 g/mol. The van der Waals surface area contributed by atoms with Gasteiger partial charge in [-0.15, -0.1) is 0 Å². The third-order valence-corrected chi connectivity index (χ3v) is 5.03. The van der Waals surface area contributed by atoms with E-state index in [1.807, 2.05) is 0 Å². The van der Waals surface area contributed by atoms with E-state index < -0.39 is 9.84 Å². The van der Waals surface area contributed by atoms with Gasteiger partial charge < -0.3 is 5.32 Å². The minimum atomic E-state index is -2.81. The zero-order chi connectivity index (χ0) is 11.4. The standard InChI is InChI=1S/C11H20N2O2S/c14-16(15)8-4-5-10(9-16)13-11-6-2-1-3-7-12-11/h10H,1-9H2,(H,12,13). The van der Waals surface area contributed by atoms with Gasteiger partial charge in [0, 0.05) is 19.0 Å². The maximum absolute atomic E-state index is 11.5. The van der Waals surface area contributed by atoms with Gasteiger partial charge >= 0.3 is 0 Å². The Kier molecular flexibility index (Phi) is 3.84. The number of nitrogens with zero attached hydrogens (tertiary/aromatic N) is 1. The summed E-state index contributed by atoms with van der Waals surface area (Å²) < 4.78 is 23.0. The predicted octanol–water partition coefficient (Wildman–Crippen LogP) is 1.13. The van der Waals surface area contributed by atoms with E-state index in [2.05, 4.69) is 10.3 Å². The van der Waals surface area contributed by atoms with Crippen LogP contribution in [0.5, 0.6) is 0 Å². The van der Waals surface area contributed by atoms with Gasteiger partial charge in [0.15, 0.2) is 9.84 Å². The molecule has 1 saturated heterocycles. The molecule has 2 heterocycles. The molecule has 0 aromatic heterocycles. The molecule has 0 amide bonds. The highest BCUT2D eigenvalue weighted by Gasteiger charge is 2.25. The van der Waals surface area contributed by atoms with Crippen molar-refractivity contribution in [3.63, 3.8) is 0 Å². The Labute approximate surface area is 97.4 Å². The number of sulfone groups is 1. The quantitative estimate of drug-likeness (QED) is 0.752. The van der Waals surface area contributed by atoms with E-state index in [1.54, 1.807) is 0 Å². The first-order valence-electron chi connectivity index (χ1n) is 6.16. The zero-order valence-corrected chi connectivity index (χ0v) is 10.4. The molecule has 0 radical (unpaired) electrons. The van der Waals surface area contributed by atoms with Crippen LogP contribution < -0.4 is 5.32 Å². The summed E-state index contributed by atoms with van der Waals surface area (Å²) in [6.07, 6.45) is 6.29. The van der Waals surface area contributed by atoms with E-state index in [0.29, 0.717) is 5.75 Å². The van der Waals surface area contributed by atoms with Crippen LogP contribution >= 0.6 is 0 Å². The van der Waals surface area contributed by atoms with Crippen molar-refractivity contribution in [2.75, 3.05) is 18.1 Å². The maximum Gasteiger partial charge on any atom is 0.152 e. The molecule has 16 heavy (non-hydrogen) atoms. The van der Waals surface area contributed by atoms with Crippen molar-refractivity contribution in [1.29, 1.82) is 0 Å². The Hall–Kier alpha value is -0.580. The summed E-state index contributed by atoms with van der Waals surface area (Å²) in [5.41, 5.74) is 0. The van der Waals surface area contributed by atoms with Gasteiger partial charge in [0.05, 0.1) is 17.3 Å². The topological polar surface area (TPSA) is 58.5 Å². The minimum absolute atomic E-state index is 0.0931. The van der Waals surface area contributed by atoms with Gasteiger partial charge in [0.1, 0.15) is 0 Å². The lowest BCUT2D eigenvalue weighted by Gasteiger charge is -2.24. The molecule has 1 atom stereocenters. The first-order valence-corrected chi connectivity index (χ1v) is 7.98. The molecule has 1 unspecified atom stereocenters. The second kappa shape index (κ2) is 5.17. The lowest BCUT2D eigenvalue weighted by molar-refractivity contribution is 0.528. The van der Waals surface area contributed by atoms with E-state index >= 15 is 0 Å². The van der Waals surface area contributed by atoms with E-state index in [-0.39, 0.29) is 11.8 Å². The van der Waals surface area contributed by atoms with Crippen LogP contribution in [0.25, 0.3) is 0 Å². The third-order valence-electron chi connectivity index (χ3n) is 3.21. The maximum atomic E-state index is 11.5. The number of amidine groups is 1. The molecule has 4 nitrogen and oxygen atoms in total. The Morgan fingerprint density at radius 2 is 2.06 bits per heavy atom. The first kappa shape index (κ1) is 11.9. The molecule has 92 valence electrons. The fourth-order valence-electron chi connectivity index (χ4n) is 2.36. The fourth-order valence-corrected chi connectivity index (χ4v) is 4.00. The van der Waals surface area contributed by atoms with Crippen LogP contribution in [0.4, 0.5) is 0 Å². The van der Waals surface area contributed by atoms with Crippen LogP contribution in [0.15, 0.2) is 4.99 Å². The lowest BCUT2D eigenvalue weighted by atomic mass is 10.1.